The molecular formula is C9H15NO2S. The van der Waals surface area contributed by atoms with E-state index in [2.05, 4.69) is 0 Å². The van der Waals surface area contributed by atoms with E-state index in [-0.39, 0.29) is 24.5 Å². The molecule has 2 aliphatic rings. The summed E-state index contributed by atoms with van der Waals surface area (Å²) < 4.78 is 0. The fourth-order valence-corrected chi connectivity index (χ4v) is 2.71. The normalized spacial score (nSPS) is 29.0. The molecule has 1 heterocycles. The maximum Gasteiger partial charge on any atom is 0.226 e. The van der Waals surface area contributed by atoms with Crippen LogP contribution < -0.4 is 0 Å². The first-order valence-corrected chi connectivity index (χ1v) is 5.97. The molecule has 0 bridgehead atoms. The van der Waals surface area contributed by atoms with Gasteiger partial charge >= 0.3 is 0 Å². The van der Waals surface area contributed by atoms with Crippen LogP contribution in [0.15, 0.2) is 0 Å². The number of rotatable bonds is 2. The van der Waals surface area contributed by atoms with Crippen molar-refractivity contribution in [3.8, 4) is 0 Å². The highest BCUT2D eigenvalue weighted by Gasteiger charge is 2.36. The van der Waals surface area contributed by atoms with E-state index in [0.29, 0.717) is 0 Å². The first-order chi connectivity index (χ1) is 6.33. The van der Waals surface area contributed by atoms with Crippen molar-refractivity contribution in [2.45, 2.75) is 18.9 Å². The quantitative estimate of drug-likeness (QED) is 0.700. The Morgan fingerprint density at radius 3 is 2.92 bits per heavy atom. The molecule has 1 saturated heterocycles. The minimum Gasteiger partial charge on any atom is -0.394 e. The van der Waals surface area contributed by atoms with Crippen LogP contribution in [0.4, 0.5) is 0 Å². The Labute approximate surface area is 82.5 Å². The number of amides is 1. The Balaban J connectivity index is 1.96. The highest BCUT2D eigenvalue weighted by Crippen LogP contribution is 2.32. The predicted molar refractivity (Wildman–Crippen MR) is 52.6 cm³/mol. The van der Waals surface area contributed by atoms with E-state index in [1.807, 2.05) is 16.7 Å². The third-order valence-corrected chi connectivity index (χ3v) is 3.74. The average molecular weight is 201 g/mol. The highest BCUT2D eigenvalue weighted by atomic mass is 32.2. The average Bonchev–Trinajstić information content (AvgIpc) is 3.00. The number of hydrogen-bond donors (Lipinski definition) is 1. The number of nitrogens with zero attached hydrogens (tertiary/aromatic N) is 1. The molecule has 3 nitrogen and oxygen atoms in total. The molecule has 1 saturated carbocycles. The monoisotopic (exact) mass is 201 g/mol. The standard InChI is InChI=1S/C9H15NO2S/c11-5-8-6-13-4-3-10(8)9(12)7-1-2-7/h7-8,11H,1-6H2. The number of hydrogen-bond acceptors (Lipinski definition) is 3. The van der Waals surface area contributed by atoms with Crippen molar-refractivity contribution < 1.29 is 9.90 Å². The van der Waals surface area contributed by atoms with Crippen molar-refractivity contribution in [3.05, 3.63) is 0 Å². The van der Waals surface area contributed by atoms with Gasteiger partial charge in [-0.2, -0.15) is 11.8 Å². The van der Waals surface area contributed by atoms with Crippen molar-refractivity contribution in [1.82, 2.24) is 4.90 Å². The lowest BCUT2D eigenvalue weighted by Gasteiger charge is -2.34. The largest absolute Gasteiger partial charge is 0.394 e. The number of aliphatic hydroxyl groups is 1. The molecule has 0 aromatic rings. The zero-order chi connectivity index (χ0) is 9.26. The molecule has 0 aromatic heterocycles. The van der Waals surface area contributed by atoms with Crippen LogP contribution in [0, 0.1) is 5.92 Å². The smallest absolute Gasteiger partial charge is 0.226 e. The van der Waals surface area contributed by atoms with E-state index in [0.717, 1.165) is 30.9 Å². The van der Waals surface area contributed by atoms with Crippen molar-refractivity contribution in [1.29, 1.82) is 0 Å². The molecule has 1 N–H and O–H groups in total. The Morgan fingerprint density at radius 2 is 2.31 bits per heavy atom. The Bertz CT molecular complexity index is 206. The molecule has 13 heavy (non-hydrogen) atoms. The molecule has 0 radical (unpaired) electrons. The zero-order valence-electron chi connectivity index (χ0n) is 7.61. The summed E-state index contributed by atoms with van der Waals surface area (Å²) in [5.74, 6) is 2.49. The number of carbonyl (C=O) groups excluding carboxylic acids is 1. The lowest BCUT2D eigenvalue weighted by molar-refractivity contribution is -0.135. The number of aliphatic hydroxyl groups excluding tert-OH is 1. The second kappa shape index (κ2) is 3.88. The molecule has 0 spiro atoms. The minimum absolute atomic E-state index is 0.0758. The predicted octanol–water partition coefficient (Wildman–Crippen LogP) is 0.333. The summed E-state index contributed by atoms with van der Waals surface area (Å²) in [6, 6.07) is 0.0758. The van der Waals surface area contributed by atoms with Crippen LogP contribution >= 0.6 is 11.8 Å². The lowest BCUT2D eigenvalue weighted by Crippen LogP contribution is -2.48. The Kier molecular flexibility index (Phi) is 2.79. The van der Waals surface area contributed by atoms with Crippen LogP contribution in [-0.4, -0.2) is 46.6 Å². The molecule has 1 aliphatic heterocycles. The fourth-order valence-electron chi connectivity index (χ4n) is 1.66. The molecule has 1 atom stereocenters. The van der Waals surface area contributed by atoms with Gasteiger partial charge in [-0.1, -0.05) is 0 Å². The van der Waals surface area contributed by atoms with Crippen molar-refractivity contribution in [3.63, 3.8) is 0 Å². The van der Waals surface area contributed by atoms with Gasteiger partial charge in [-0.05, 0) is 12.8 Å². The topological polar surface area (TPSA) is 40.5 Å². The zero-order valence-corrected chi connectivity index (χ0v) is 8.42. The van der Waals surface area contributed by atoms with Gasteiger partial charge in [-0.15, -0.1) is 0 Å². The third-order valence-electron chi connectivity index (χ3n) is 2.65. The summed E-state index contributed by atoms with van der Waals surface area (Å²) in [6.07, 6.45) is 2.11. The van der Waals surface area contributed by atoms with Gasteiger partial charge < -0.3 is 10.0 Å². The number of thioether (sulfide) groups is 1. The van der Waals surface area contributed by atoms with Gasteiger partial charge in [0, 0.05) is 24.0 Å². The molecule has 2 rings (SSSR count). The summed E-state index contributed by atoms with van der Waals surface area (Å²) in [4.78, 5) is 13.6. The lowest BCUT2D eigenvalue weighted by atomic mass is 10.2. The second-order valence-electron chi connectivity index (χ2n) is 3.72. The van der Waals surface area contributed by atoms with E-state index in [1.54, 1.807) is 0 Å². The van der Waals surface area contributed by atoms with Gasteiger partial charge in [0.1, 0.15) is 0 Å². The molecule has 74 valence electrons. The van der Waals surface area contributed by atoms with Crippen LogP contribution in [0.3, 0.4) is 0 Å². The molecule has 4 heteroatoms. The summed E-state index contributed by atoms with van der Waals surface area (Å²) in [5.41, 5.74) is 0. The van der Waals surface area contributed by atoms with Gasteiger partial charge in [0.05, 0.1) is 12.6 Å². The summed E-state index contributed by atoms with van der Waals surface area (Å²) in [7, 11) is 0. The van der Waals surface area contributed by atoms with Gasteiger partial charge in [-0.3, -0.25) is 4.79 Å². The van der Waals surface area contributed by atoms with Gasteiger partial charge in [0.25, 0.3) is 0 Å². The van der Waals surface area contributed by atoms with Crippen LogP contribution in [0.2, 0.25) is 0 Å². The molecule has 1 aliphatic carbocycles. The number of carbonyl (C=O) groups is 1. The summed E-state index contributed by atoms with van der Waals surface area (Å²) in [5, 5.41) is 9.11. The molecule has 1 amide bonds. The minimum atomic E-state index is 0.0758. The van der Waals surface area contributed by atoms with E-state index in [9.17, 15) is 4.79 Å². The summed E-state index contributed by atoms with van der Waals surface area (Å²) in [6.45, 7) is 0.941. The first-order valence-electron chi connectivity index (χ1n) is 4.82. The third kappa shape index (κ3) is 1.99. The van der Waals surface area contributed by atoms with Crippen LogP contribution in [0.5, 0.6) is 0 Å². The van der Waals surface area contributed by atoms with E-state index >= 15 is 0 Å². The fraction of sp³-hybridized carbons (Fsp3) is 0.889. The first kappa shape index (κ1) is 9.34. The molecule has 2 fully saturated rings. The Morgan fingerprint density at radius 1 is 1.54 bits per heavy atom. The van der Waals surface area contributed by atoms with E-state index in [1.165, 1.54) is 0 Å². The second-order valence-corrected chi connectivity index (χ2v) is 4.87. The summed E-state index contributed by atoms with van der Waals surface area (Å²) >= 11 is 1.83. The van der Waals surface area contributed by atoms with Gasteiger partial charge in [-0.25, -0.2) is 0 Å². The van der Waals surface area contributed by atoms with Crippen LogP contribution in [0.1, 0.15) is 12.8 Å². The van der Waals surface area contributed by atoms with Crippen LogP contribution in [0.25, 0.3) is 0 Å². The Hall–Kier alpha value is -0.220. The van der Waals surface area contributed by atoms with Crippen molar-refractivity contribution in [2.24, 2.45) is 5.92 Å². The maximum atomic E-state index is 11.7. The van der Waals surface area contributed by atoms with Gasteiger partial charge in [0.2, 0.25) is 5.91 Å². The molecule has 0 aromatic carbocycles. The van der Waals surface area contributed by atoms with E-state index < -0.39 is 0 Å². The van der Waals surface area contributed by atoms with Crippen molar-refractivity contribution >= 4 is 17.7 Å². The van der Waals surface area contributed by atoms with Crippen molar-refractivity contribution in [2.75, 3.05) is 24.7 Å². The highest BCUT2D eigenvalue weighted by molar-refractivity contribution is 7.99. The maximum absolute atomic E-state index is 11.7. The van der Waals surface area contributed by atoms with Gasteiger partial charge in [0.15, 0.2) is 0 Å². The molecular weight excluding hydrogens is 186 g/mol. The van der Waals surface area contributed by atoms with E-state index in [4.69, 9.17) is 5.11 Å². The molecule has 1 unspecified atom stereocenters. The SMILES string of the molecule is O=C(C1CC1)N1CCSCC1CO. The van der Waals surface area contributed by atoms with Crippen LogP contribution in [-0.2, 0) is 4.79 Å².